The van der Waals surface area contributed by atoms with E-state index in [0.29, 0.717) is 26.2 Å². The van der Waals surface area contributed by atoms with Gasteiger partial charge in [-0.2, -0.15) is 12.2 Å². The Morgan fingerprint density at radius 3 is 1.23 bits per heavy atom. The number of halogens is 4. The quantitative estimate of drug-likeness (QED) is 0.232. The molecule has 2 saturated heterocycles. The molecule has 2 amide bonds. The molecule has 2 aliphatic heterocycles. The van der Waals surface area contributed by atoms with Gasteiger partial charge in [-0.25, -0.2) is 51.5 Å². The van der Waals surface area contributed by atoms with Crippen LogP contribution < -0.4 is 9.47 Å². The standard InChI is InChI=1S/2C12H13F2N2O2.2C5H5.Ti/c2*1-15-4-6-16(7-5-15)12(17)18-11-3-2-9(13)8-10(11)14;2*1-2-4-5-3-1;/h2*2-3H,4-7H2,1H3;2*1-3H,4H2;/q4*-1;+4. The molecule has 2 aromatic carbocycles. The van der Waals surface area contributed by atoms with Crippen LogP contribution in [0.2, 0.25) is 0 Å². The van der Waals surface area contributed by atoms with Crippen molar-refractivity contribution in [3.63, 3.8) is 0 Å². The van der Waals surface area contributed by atoms with Crippen LogP contribution in [0.15, 0.2) is 60.7 Å². The van der Waals surface area contributed by atoms with Crippen LogP contribution in [0.1, 0.15) is 12.8 Å². The molecule has 0 spiro atoms. The molecular formula is C34H36F4N4O4Ti. The van der Waals surface area contributed by atoms with Crippen LogP contribution in [-0.2, 0) is 21.7 Å². The summed E-state index contributed by atoms with van der Waals surface area (Å²) in [5.41, 5.74) is 0. The second-order valence-electron chi connectivity index (χ2n) is 10.3. The van der Waals surface area contributed by atoms with Gasteiger partial charge < -0.3 is 29.1 Å². The van der Waals surface area contributed by atoms with Gasteiger partial charge in [0.1, 0.15) is 0 Å². The molecule has 2 fully saturated rings. The average molecular weight is 689 g/mol. The van der Waals surface area contributed by atoms with Crippen LogP contribution in [-0.4, -0.2) is 98.2 Å². The molecule has 0 radical (unpaired) electrons. The van der Waals surface area contributed by atoms with E-state index >= 15 is 0 Å². The van der Waals surface area contributed by atoms with E-state index in [1.807, 2.05) is 50.5 Å². The molecule has 248 valence electrons. The van der Waals surface area contributed by atoms with Crippen molar-refractivity contribution in [3.05, 3.63) is 108 Å². The first-order chi connectivity index (χ1) is 22.1. The minimum atomic E-state index is -1.00. The monoisotopic (exact) mass is 688 g/mol. The van der Waals surface area contributed by atoms with Crippen molar-refractivity contribution in [3.8, 4) is 11.5 Å². The molecule has 0 unspecified atom stereocenters. The third kappa shape index (κ3) is 14.7. The average Bonchev–Trinajstić information content (AvgIpc) is 3.81. The van der Waals surface area contributed by atoms with Gasteiger partial charge in [-0.15, -0.1) is 49.2 Å². The fraction of sp³-hybridized carbons (Fsp3) is 0.353. The van der Waals surface area contributed by atoms with Gasteiger partial charge in [-0.1, -0.05) is 0 Å². The molecule has 2 aliphatic carbocycles. The topological polar surface area (TPSA) is 65.6 Å². The molecule has 0 bridgehead atoms. The molecule has 13 heteroatoms. The molecule has 4 aliphatic rings. The number of amides is 2. The molecule has 47 heavy (non-hydrogen) atoms. The Hall–Kier alpha value is -3.71. The summed E-state index contributed by atoms with van der Waals surface area (Å²) in [6, 6.07) is 7.78. The maximum atomic E-state index is 13.2. The summed E-state index contributed by atoms with van der Waals surface area (Å²) < 4.78 is 61.5. The van der Waals surface area contributed by atoms with Crippen molar-refractivity contribution in [1.29, 1.82) is 0 Å². The SMILES string of the molecule is CN1CCN(C(=O)Oc2ccc(F)[c-]c2F)CC1.CN1CCN(C(=O)Oc2ccc(F)[c-]c2F)CC1.[C-]1=CC=CC1.[C-]1=CC=CC1.[Ti+4]. The zero-order valence-corrected chi connectivity index (χ0v) is 27.8. The predicted octanol–water partition coefficient (Wildman–Crippen LogP) is 5.63. The van der Waals surface area contributed by atoms with Crippen molar-refractivity contribution in [1.82, 2.24) is 19.6 Å². The molecule has 0 atom stereocenters. The van der Waals surface area contributed by atoms with E-state index in [-0.39, 0.29) is 33.2 Å². The Morgan fingerprint density at radius 1 is 0.617 bits per heavy atom. The van der Waals surface area contributed by atoms with Crippen LogP contribution in [0, 0.1) is 47.6 Å². The number of likely N-dealkylation sites (N-methyl/N-ethyl adjacent to an activating group) is 2. The van der Waals surface area contributed by atoms with Crippen LogP contribution in [0.5, 0.6) is 11.5 Å². The van der Waals surface area contributed by atoms with Gasteiger partial charge >= 0.3 is 33.9 Å². The minimum absolute atomic E-state index is 0. The van der Waals surface area contributed by atoms with Crippen LogP contribution >= 0.6 is 0 Å². The smallest absolute Gasteiger partial charge is 0.471 e. The van der Waals surface area contributed by atoms with Gasteiger partial charge in [0.05, 0.1) is 23.1 Å². The molecular weight excluding hydrogens is 652 g/mol. The van der Waals surface area contributed by atoms with Crippen molar-refractivity contribution in [2.75, 3.05) is 66.5 Å². The summed E-state index contributed by atoms with van der Waals surface area (Å²) in [5, 5.41) is 0. The van der Waals surface area contributed by atoms with Gasteiger partial charge in [-0.3, -0.25) is 12.2 Å². The molecule has 0 saturated carbocycles. The van der Waals surface area contributed by atoms with E-state index in [9.17, 15) is 27.2 Å². The Kier molecular flexibility index (Phi) is 17.8. The van der Waals surface area contributed by atoms with E-state index in [0.717, 1.165) is 63.3 Å². The number of nitrogens with zero attached hydrogens (tertiary/aromatic N) is 4. The van der Waals surface area contributed by atoms with Crippen molar-refractivity contribution >= 4 is 12.2 Å². The Bertz CT molecular complexity index is 1280. The first kappa shape index (κ1) is 39.5. The van der Waals surface area contributed by atoms with Gasteiger partial charge in [0.2, 0.25) is 0 Å². The van der Waals surface area contributed by atoms with Crippen molar-refractivity contribution in [2.45, 2.75) is 12.8 Å². The van der Waals surface area contributed by atoms with E-state index in [1.54, 1.807) is 0 Å². The molecule has 2 aromatic rings. The number of carbonyl (C=O) groups excluding carboxylic acids is 2. The van der Waals surface area contributed by atoms with E-state index in [2.05, 4.69) is 34.1 Å². The fourth-order valence-electron chi connectivity index (χ4n) is 3.99. The van der Waals surface area contributed by atoms with Crippen LogP contribution in [0.25, 0.3) is 0 Å². The third-order valence-corrected chi connectivity index (χ3v) is 6.74. The number of hydrogen-bond acceptors (Lipinski definition) is 6. The number of ether oxygens (including phenoxy) is 2. The van der Waals surface area contributed by atoms with Gasteiger partial charge in [0.25, 0.3) is 0 Å². The first-order valence-electron chi connectivity index (χ1n) is 14.6. The van der Waals surface area contributed by atoms with E-state index in [4.69, 9.17) is 9.47 Å². The first-order valence-corrected chi connectivity index (χ1v) is 14.6. The summed E-state index contributed by atoms with van der Waals surface area (Å²) in [6.45, 7) is 5.09. The number of hydrogen-bond donors (Lipinski definition) is 0. The summed E-state index contributed by atoms with van der Waals surface area (Å²) in [7, 11) is 3.91. The fourth-order valence-corrected chi connectivity index (χ4v) is 3.99. The minimum Gasteiger partial charge on any atom is -0.471 e. The number of piperazine rings is 2. The van der Waals surface area contributed by atoms with Gasteiger partial charge in [-0.05, 0) is 14.1 Å². The normalized spacial score (nSPS) is 16.6. The zero-order chi connectivity index (χ0) is 33.3. The Labute approximate surface area is 288 Å². The Balaban J connectivity index is 0.000000248. The molecule has 0 N–H and O–H groups in total. The van der Waals surface area contributed by atoms with E-state index in [1.165, 1.54) is 9.80 Å². The van der Waals surface area contributed by atoms with Crippen LogP contribution in [0.4, 0.5) is 27.2 Å². The van der Waals surface area contributed by atoms with Gasteiger partial charge in [0, 0.05) is 64.0 Å². The Morgan fingerprint density at radius 2 is 0.979 bits per heavy atom. The number of carbonyl (C=O) groups is 2. The van der Waals surface area contributed by atoms with Crippen molar-refractivity contribution in [2.24, 2.45) is 0 Å². The summed E-state index contributed by atoms with van der Waals surface area (Å²) in [5.74, 6) is -4.27. The predicted molar refractivity (Wildman–Crippen MR) is 164 cm³/mol. The number of rotatable bonds is 2. The second kappa shape index (κ2) is 21.2. The summed E-state index contributed by atoms with van der Waals surface area (Å²) in [6.07, 6.45) is 18.8. The van der Waals surface area contributed by atoms with Crippen LogP contribution in [0.3, 0.4) is 0 Å². The molecule has 0 aromatic heterocycles. The third-order valence-electron chi connectivity index (χ3n) is 6.74. The molecule has 2 heterocycles. The zero-order valence-electron chi connectivity index (χ0n) is 26.3. The molecule has 8 nitrogen and oxygen atoms in total. The molecule has 6 rings (SSSR count). The van der Waals surface area contributed by atoms with Crippen molar-refractivity contribution < 1.29 is 58.3 Å². The maximum Gasteiger partial charge on any atom is 4.00 e. The van der Waals surface area contributed by atoms with Gasteiger partial charge in [0.15, 0.2) is 0 Å². The second-order valence-corrected chi connectivity index (χ2v) is 10.3. The number of benzene rings is 2. The summed E-state index contributed by atoms with van der Waals surface area (Å²) in [4.78, 5) is 30.6. The largest absolute Gasteiger partial charge is 4.00 e. The maximum absolute atomic E-state index is 13.2. The summed E-state index contributed by atoms with van der Waals surface area (Å²) >= 11 is 0. The van der Waals surface area contributed by atoms with E-state index < -0.39 is 35.5 Å². The number of allylic oxidation sites excluding steroid dienone is 8.